The van der Waals surface area contributed by atoms with Crippen LogP contribution in [0.1, 0.15) is 31.4 Å². The van der Waals surface area contributed by atoms with Crippen LogP contribution >= 0.6 is 27.5 Å². The highest BCUT2D eigenvalue weighted by atomic mass is 79.9. The predicted molar refractivity (Wildman–Crippen MR) is 76.6 cm³/mol. The van der Waals surface area contributed by atoms with Crippen LogP contribution in [-0.4, -0.2) is 5.33 Å². The van der Waals surface area contributed by atoms with Crippen LogP contribution in [0.2, 0.25) is 5.02 Å². The van der Waals surface area contributed by atoms with Gasteiger partial charge in [0.2, 0.25) is 0 Å². The van der Waals surface area contributed by atoms with E-state index in [0.29, 0.717) is 5.92 Å². The first-order valence-electron chi connectivity index (χ1n) is 5.84. The summed E-state index contributed by atoms with van der Waals surface area (Å²) < 4.78 is 0. The average molecular weight is 304 g/mol. The Kier molecular flexibility index (Phi) is 5.85. The van der Waals surface area contributed by atoms with Crippen molar-refractivity contribution in [3.8, 4) is 0 Å². The highest BCUT2D eigenvalue weighted by Gasteiger charge is 2.12. The Morgan fingerprint density at radius 1 is 1.31 bits per heavy atom. The smallest absolute Gasteiger partial charge is 0.0440 e. The molecule has 1 aromatic rings. The molecule has 0 aliphatic carbocycles. The van der Waals surface area contributed by atoms with Crippen LogP contribution in [0.15, 0.2) is 18.2 Å². The molecule has 16 heavy (non-hydrogen) atoms. The Morgan fingerprint density at radius 2 is 2.00 bits per heavy atom. The Morgan fingerprint density at radius 3 is 2.50 bits per heavy atom. The molecule has 0 heterocycles. The zero-order chi connectivity index (χ0) is 12.1. The summed E-state index contributed by atoms with van der Waals surface area (Å²) in [6.07, 6.45) is 2.32. The molecule has 2 heteroatoms. The van der Waals surface area contributed by atoms with Gasteiger partial charge in [-0.2, -0.15) is 0 Å². The van der Waals surface area contributed by atoms with Crippen LogP contribution in [0.3, 0.4) is 0 Å². The summed E-state index contributed by atoms with van der Waals surface area (Å²) in [7, 11) is 0. The summed E-state index contributed by atoms with van der Waals surface area (Å²) in [5.41, 5.74) is 2.50. The van der Waals surface area contributed by atoms with Crippen LogP contribution in [0, 0.1) is 18.8 Å². The zero-order valence-electron chi connectivity index (χ0n) is 10.3. The molecular weight excluding hydrogens is 284 g/mol. The first kappa shape index (κ1) is 14.1. The van der Waals surface area contributed by atoms with Gasteiger partial charge in [-0.05, 0) is 48.8 Å². The average Bonchev–Trinajstić information content (AvgIpc) is 2.20. The molecule has 1 rings (SSSR count). The molecule has 1 aromatic carbocycles. The van der Waals surface area contributed by atoms with Gasteiger partial charge >= 0.3 is 0 Å². The first-order chi connectivity index (χ1) is 7.52. The third kappa shape index (κ3) is 4.47. The SMILES string of the molecule is Cc1ccc(CC(CBr)CC(C)C)c(Cl)c1. The van der Waals surface area contributed by atoms with Gasteiger partial charge in [-0.25, -0.2) is 0 Å². The summed E-state index contributed by atoms with van der Waals surface area (Å²) in [6.45, 7) is 6.62. The van der Waals surface area contributed by atoms with E-state index in [1.54, 1.807) is 0 Å². The van der Waals surface area contributed by atoms with Crippen LogP contribution in [0.4, 0.5) is 0 Å². The molecule has 0 aromatic heterocycles. The molecule has 0 bridgehead atoms. The number of halogens is 2. The third-order valence-electron chi connectivity index (χ3n) is 2.74. The van der Waals surface area contributed by atoms with E-state index >= 15 is 0 Å². The maximum Gasteiger partial charge on any atom is 0.0440 e. The van der Waals surface area contributed by atoms with Crippen LogP contribution < -0.4 is 0 Å². The Labute approximate surface area is 113 Å². The minimum Gasteiger partial charge on any atom is -0.0925 e. The van der Waals surface area contributed by atoms with Crippen molar-refractivity contribution in [2.45, 2.75) is 33.6 Å². The van der Waals surface area contributed by atoms with Crippen LogP contribution in [-0.2, 0) is 6.42 Å². The van der Waals surface area contributed by atoms with Crippen molar-refractivity contribution in [3.05, 3.63) is 34.3 Å². The molecule has 0 aliphatic rings. The van der Waals surface area contributed by atoms with Gasteiger partial charge in [0.1, 0.15) is 0 Å². The summed E-state index contributed by atoms with van der Waals surface area (Å²) in [4.78, 5) is 0. The van der Waals surface area contributed by atoms with Crippen LogP contribution in [0.25, 0.3) is 0 Å². The van der Waals surface area contributed by atoms with Crippen molar-refractivity contribution in [3.63, 3.8) is 0 Å². The third-order valence-corrected chi connectivity index (χ3v) is 4.01. The van der Waals surface area contributed by atoms with Crippen molar-refractivity contribution in [2.24, 2.45) is 11.8 Å². The summed E-state index contributed by atoms with van der Waals surface area (Å²) in [5.74, 6) is 1.42. The molecule has 0 radical (unpaired) electrons. The van der Waals surface area contributed by atoms with Gasteiger partial charge in [-0.1, -0.05) is 53.5 Å². The van der Waals surface area contributed by atoms with Gasteiger partial charge in [0.05, 0.1) is 0 Å². The molecule has 1 unspecified atom stereocenters. The molecule has 1 atom stereocenters. The number of alkyl halides is 1. The Balaban J connectivity index is 2.70. The standard InChI is InChI=1S/C14H20BrCl/c1-10(2)6-12(9-15)8-13-5-4-11(3)7-14(13)16/h4-5,7,10,12H,6,8-9H2,1-3H3. The first-order valence-corrected chi connectivity index (χ1v) is 7.33. The fourth-order valence-electron chi connectivity index (χ4n) is 2.00. The van der Waals surface area contributed by atoms with Crippen molar-refractivity contribution in [1.29, 1.82) is 0 Å². The van der Waals surface area contributed by atoms with Crippen LogP contribution in [0.5, 0.6) is 0 Å². The van der Waals surface area contributed by atoms with E-state index in [1.807, 2.05) is 0 Å². The molecule has 0 nitrogen and oxygen atoms in total. The van der Waals surface area contributed by atoms with E-state index in [9.17, 15) is 0 Å². The maximum absolute atomic E-state index is 6.25. The summed E-state index contributed by atoms with van der Waals surface area (Å²) in [6, 6.07) is 6.35. The zero-order valence-corrected chi connectivity index (χ0v) is 12.6. The van der Waals surface area contributed by atoms with Crippen molar-refractivity contribution in [2.75, 3.05) is 5.33 Å². The maximum atomic E-state index is 6.25. The van der Waals surface area contributed by atoms with Gasteiger partial charge < -0.3 is 0 Å². The van der Waals surface area contributed by atoms with E-state index < -0.39 is 0 Å². The molecule has 0 fully saturated rings. The van der Waals surface area contributed by atoms with E-state index in [1.165, 1.54) is 17.5 Å². The van der Waals surface area contributed by atoms with Crippen molar-refractivity contribution in [1.82, 2.24) is 0 Å². The fourth-order valence-corrected chi connectivity index (χ4v) is 2.80. The molecule has 0 aliphatic heterocycles. The second-order valence-electron chi connectivity index (χ2n) is 4.95. The molecule has 0 saturated carbocycles. The number of aryl methyl sites for hydroxylation is 1. The van der Waals surface area contributed by atoms with Gasteiger partial charge in [0, 0.05) is 10.4 Å². The van der Waals surface area contributed by atoms with E-state index in [-0.39, 0.29) is 0 Å². The Bertz CT molecular complexity index is 334. The lowest BCUT2D eigenvalue weighted by Crippen LogP contribution is -2.10. The Hall–Kier alpha value is -0.0100. The number of hydrogen-bond acceptors (Lipinski definition) is 0. The molecular formula is C14H20BrCl. The normalized spacial score (nSPS) is 13.1. The second-order valence-corrected chi connectivity index (χ2v) is 6.00. The van der Waals surface area contributed by atoms with Gasteiger partial charge in [-0.15, -0.1) is 0 Å². The quantitative estimate of drug-likeness (QED) is 0.652. The number of hydrogen-bond donors (Lipinski definition) is 0. The molecule has 0 saturated heterocycles. The second kappa shape index (κ2) is 6.66. The lowest BCUT2D eigenvalue weighted by molar-refractivity contribution is 0.445. The largest absolute Gasteiger partial charge is 0.0925 e. The lowest BCUT2D eigenvalue weighted by Gasteiger charge is -2.17. The summed E-state index contributed by atoms with van der Waals surface area (Å²) >= 11 is 9.85. The van der Waals surface area contributed by atoms with Crippen molar-refractivity contribution < 1.29 is 0 Å². The number of rotatable bonds is 5. The minimum absolute atomic E-state index is 0.681. The monoisotopic (exact) mass is 302 g/mol. The molecule has 0 spiro atoms. The molecule has 0 amide bonds. The fraction of sp³-hybridized carbons (Fsp3) is 0.571. The van der Waals surface area contributed by atoms with E-state index in [4.69, 9.17) is 11.6 Å². The minimum atomic E-state index is 0.681. The van der Waals surface area contributed by atoms with Gasteiger partial charge in [-0.3, -0.25) is 0 Å². The van der Waals surface area contributed by atoms with Crippen molar-refractivity contribution >= 4 is 27.5 Å². The van der Waals surface area contributed by atoms with Gasteiger partial charge in [0.15, 0.2) is 0 Å². The lowest BCUT2D eigenvalue weighted by atomic mass is 9.92. The highest BCUT2D eigenvalue weighted by Crippen LogP contribution is 2.24. The predicted octanol–water partition coefficient (Wildman–Crippen LogP) is 5.25. The molecule has 0 N–H and O–H groups in total. The van der Waals surface area contributed by atoms with E-state index in [2.05, 4.69) is 54.9 Å². The van der Waals surface area contributed by atoms with Gasteiger partial charge in [0.25, 0.3) is 0 Å². The van der Waals surface area contributed by atoms with E-state index in [0.717, 1.165) is 22.7 Å². The summed E-state index contributed by atoms with van der Waals surface area (Å²) in [5, 5.41) is 1.96. The molecule has 90 valence electrons. The highest BCUT2D eigenvalue weighted by molar-refractivity contribution is 9.09. The topological polar surface area (TPSA) is 0 Å². The number of benzene rings is 1.